The van der Waals surface area contributed by atoms with E-state index >= 15 is 0 Å². The minimum Gasteiger partial charge on any atom is -0.479 e. The molecule has 7 N–H and O–H groups in total. The quantitative estimate of drug-likeness (QED) is 0.0870. The molecular weight excluding hydrogens is 522 g/mol. The molecule has 10 heteroatoms. The zero-order valence-electron chi connectivity index (χ0n) is 22.2. The number of rotatable bonds is 10. The van der Waals surface area contributed by atoms with Gasteiger partial charge in [-0.1, -0.05) is 78.9 Å². The molecule has 0 aliphatic heterocycles. The van der Waals surface area contributed by atoms with Crippen LogP contribution >= 0.6 is 0 Å². The Bertz CT molecular complexity index is 1660. The van der Waals surface area contributed by atoms with Crippen LogP contribution in [0.3, 0.4) is 0 Å². The predicted molar refractivity (Wildman–Crippen MR) is 156 cm³/mol. The Labute approximate surface area is 236 Å². The molecule has 4 rings (SSSR count). The van der Waals surface area contributed by atoms with Crippen molar-refractivity contribution in [3.63, 3.8) is 0 Å². The number of benzene rings is 4. The van der Waals surface area contributed by atoms with Crippen LogP contribution in [0, 0.1) is 5.41 Å². The summed E-state index contributed by atoms with van der Waals surface area (Å²) in [6.07, 6.45) is 0. The number of hydrogen-bond acceptors (Lipinski definition) is 6. The van der Waals surface area contributed by atoms with Crippen LogP contribution in [0.15, 0.2) is 97.1 Å². The molecule has 4 aromatic carbocycles. The van der Waals surface area contributed by atoms with Gasteiger partial charge < -0.3 is 21.9 Å². The number of nitrogens with two attached hydrogens (primary N) is 2. The fourth-order valence-corrected chi connectivity index (χ4v) is 4.75. The predicted octanol–water partition coefficient (Wildman–Crippen LogP) is 2.78. The van der Waals surface area contributed by atoms with Gasteiger partial charge >= 0.3 is 5.97 Å². The Balaban J connectivity index is 2.07. The molecule has 4 aromatic rings. The van der Waals surface area contributed by atoms with Gasteiger partial charge in [0, 0.05) is 16.8 Å². The normalized spacial score (nSPS) is 13.0. The first-order valence-corrected chi connectivity index (χ1v) is 12.7. The third-order valence-corrected chi connectivity index (χ3v) is 6.75. The van der Waals surface area contributed by atoms with Crippen molar-refractivity contribution >= 4 is 45.9 Å². The van der Waals surface area contributed by atoms with Crippen molar-refractivity contribution in [2.24, 2.45) is 11.5 Å². The molecule has 0 aliphatic rings. The van der Waals surface area contributed by atoms with Crippen LogP contribution in [0.4, 0.5) is 5.69 Å². The molecule has 0 saturated carbocycles. The molecule has 10 nitrogen and oxygen atoms in total. The van der Waals surface area contributed by atoms with Crippen LogP contribution in [0.2, 0.25) is 0 Å². The second-order valence-corrected chi connectivity index (χ2v) is 9.40. The molecule has 208 valence electrons. The van der Waals surface area contributed by atoms with Gasteiger partial charge in [-0.15, -0.1) is 0 Å². The number of amidine groups is 1. The molecule has 0 aliphatic carbocycles. The van der Waals surface area contributed by atoms with Crippen LogP contribution in [0.5, 0.6) is 0 Å². The van der Waals surface area contributed by atoms with Crippen molar-refractivity contribution < 1.29 is 24.3 Å². The van der Waals surface area contributed by atoms with E-state index in [-0.39, 0.29) is 28.2 Å². The van der Waals surface area contributed by atoms with Gasteiger partial charge in [-0.25, -0.2) is 4.79 Å². The third-order valence-electron chi connectivity index (χ3n) is 6.75. The number of anilines is 1. The maximum atomic E-state index is 14.6. The fraction of sp³-hybridized carbons (Fsp3) is 0.129. The van der Waals surface area contributed by atoms with Crippen molar-refractivity contribution in [3.05, 3.63) is 114 Å². The number of carbonyl (C=O) groups is 4. The molecule has 41 heavy (non-hydrogen) atoms. The second kappa shape index (κ2) is 11.8. The summed E-state index contributed by atoms with van der Waals surface area (Å²) >= 11 is 0. The average Bonchev–Trinajstić information content (AvgIpc) is 2.99. The van der Waals surface area contributed by atoms with E-state index < -0.39 is 41.7 Å². The van der Waals surface area contributed by atoms with E-state index in [0.29, 0.717) is 5.39 Å². The minimum absolute atomic E-state index is 0.00425. The van der Waals surface area contributed by atoms with E-state index in [1.807, 2.05) is 12.1 Å². The van der Waals surface area contributed by atoms with E-state index in [4.69, 9.17) is 16.9 Å². The summed E-state index contributed by atoms with van der Waals surface area (Å²) in [7, 11) is 0. The van der Waals surface area contributed by atoms with Crippen molar-refractivity contribution in [1.29, 1.82) is 5.41 Å². The Morgan fingerprint density at radius 3 is 2.15 bits per heavy atom. The van der Waals surface area contributed by atoms with Crippen LogP contribution in [-0.2, 0) is 19.9 Å². The van der Waals surface area contributed by atoms with Gasteiger partial charge in [0.25, 0.3) is 5.91 Å². The van der Waals surface area contributed by atoms with Crippen LogP contribution < -0.4 is 21.7 Å². The number of carboxylic acids is 1. The smallest absolute Gasteiger partial charge is 0.343 e. The summed E-state index contributed by atoms with van der Waals surface area (Å²) in [5.41, 5.74) is 8.71. The Kier molecular flexibility index (Phi) is 8.25. The molecule has 0 radical (unpaired) electrons. The maximum Gasteiger partial charge on any atom is 0.343 e. The number of aliphatic carboxylic acids is 1. The number of Topliss-reactive ketones (excluding diaryl/α,β-unsaturated/α-hetero) is 1. The van der Waals surface area contributed by atoms with E-state index in [0.717, 1.165) is 10.3 Å². The SMILES string of the molecule is C[C@H](NC(=O)CN)C(=O)N(c1ccc2ccccc2c1)[C@@](C(=O)O)(C(=O)c1cccc(C(=N)N)c1)c1ccccc1. The van der Waals surface area contributed by atoms with Crippen molar-refractivity contribution in [1.82, 2.24) is 5.32 Å². The number of nitrogen functional groups attached to an aromatic ring is 1. The number of ketones is 1. The van der Waals surface area contributed by atoms with Crippen LogP contribution in [0.25, 0.3) is 10.8 Å². The summed E-state index contributed by atoms with van der Waals surface area (Å²) in [4.78, 5) is 55.5. The summed E-state index contributed by atoms with van der Waals surface area (Å²) in [5, 5.41) is 22.8. The monoisotopic (exact) mass is 551 g/mol. The maximum absolute atomic E-state index is 14.6. The lowest BCUT2D eigenvalue weighted by Gasteiger charge is -2.41. The van der Waals surface area contributed by atoms with E-state index in [9.17, 15) is 24.3 Å². The molecule has 0 unspecified atom stereocenters. The molecule has 0 spiro atoms. The van der Waals surface area contributed by atoms with E-state index in [2.05, 4.69) is 5.32 Å². The van der Waals surface area contributed by atoms with Gasteiger partial charge in [0.2, 0.25) is 17.2 Å². The van der Waals surface area contributed by atoms with Gasteiger partial charge in [0.05, 0.1) is 6.54 Å². The minimum atomic E-state index is -2.63. The number of nitrogens with zero attached hydrogens (tertiary/aromatic N) is 1. The molecule has 2 amide bonds. The largest absolute Gasteiger partial charge is 0.479 e. The third kappa shape index (κ3) is 5.41. The van der Waals surface area contributed by atoms with Gasteiger partial charge in [-0.3, -0.25) is 24.7 Å². The number of amides is 2. The summed E-state index contributed by atoms with van der Waals surface area (Å²) in [6, 6.07) is 24.3. The van der Waals surface area contributed by atoms with Gasteiger partial charge in [-0.2, -0.15) is 0 Å². The second-order valence-electron chi connectivity index (χ2n) is 9.40. The highest BCUT2D eigenvalue weighted by Gasteiger charge is 2.56. The zero-order chi connectivity index (χ0) is 29.7. The Morgan fingerprint density at radius 1 is 0.878 bits per heavy atom. The topological polar surface area (TPSA) is 180 Å². The molecule has 0 heterocycles. The first-order chi connectivity index (χ1) is 19.6. The summed E-state index contributed by atoms with van der Waals surface area (Å²) in [6.45, 7) is 0.996. The fourth-order valence-electron chi connectivity index (χ4n) is 4.75. The Morgan fingerprint density at radius 2 is 1.51 bits per heavy atom. The summed E-state index contributed by atoms with van der Waals surface area (Å²) < 4.78 is 0. The highest BCUT2D eigenvalue weighted by molar-refractivity contribution is 6.24. The average molecular weight is 552 g/mol. The van der Waals surface area contributed by atoms with Crippen molar-refractivity contribution in [2.75, 3.05) is 11.4 Å². The molecule has 2 atom stereocenters. The Hall–Kier alpha value is -5.35. The highest BCUT2D eigenvalue weighted by Crippen LogP contribution is 2.39. The van der Waals surface area contributed by atoms with Crippen molar-refractivity contribution in [2.45, 2.75) is 18.5 Å². The van der Waals surface area contributed by atoms with E-state index in [1.165, 1.54) is 43.3 Å². The van der Waals surface area contributed by atoms with Crippen LogP contribution in [0.1, 0.15) is 28.4 Å². The first kappa shape index (κ1) is 28.7. The molecule has 0 bridgehead atoms. The number of carbonyl (C=O) groups excluding carboxylic acids is 3. The highest BCUT2D eigenvalue weighted by atomic mass is 16.4. The number of nitrogens with one attached hydrogen (secondary N) is 2. The standard InChI is InChI=1S/C31H29N5O5/c1-19(35-26(37)18-32)29(39)36(25-15-14-20-8-5-6-9-21(20)17-25)31(30(40)41,24-12-3-2-4-13-24)27(38)22-10-7-11-23(16-22)28(33)34/h2-17,19H,18,32H2,1H3,(H3,33,34)(H,35,37)(H,40,41)/t19-,31+/m0/s1. The molecular formula is C31H29N5O5. The molecule has 0 saturated heterocycles. The number of carboxylic acid groups (broad SMARTS) is 1. The van der Waals surface area contributed by atoms with Gasteiger partial charge in [-0.05, 0) is 41.5 Å². The van der Waals surface area contributed by atoms with Gasteiger partial charge in [0.1, 0.15) is 11.9 Å². The lowest BCUT2D eigenvalue weighted by Crippen LogP contribution is -2.63. The molecule has 0 aromatic heterocycles. The first-order valence-electron chi connectivity index (χ1n) is 12.7. The van der Waals surface area contributed by atoms with E-state index in [1.54, 1.807) is 48.5 Å². The lowest BCUT2D eigenvalue weighted by atomic mass is 9.79. The van der Waals surface area contributed by atoms with Gasteiger partial charge in [0.15, 0.2) is 0 Å². The lowest BCUT2D eigenvalue weighted by molar-refractivity contribution is -0.143. The number of fused-ring (bicyclic) bond motifs is 1. The van der Waals surface area contributed by atoms with Crippen molar-refractivity contribution in [3.8, 4) is 0 Å². The number of hydrogen-bond donors (Lipinski definition) is 5. The zero-order valence-corrected chi connectivity index (χ0v) is 22.2. The summed E-state index contributed by atoms with van der Waals surface area (Å²) in [5.74, 6) is -4.38. The van der Waals surface area contributed by atoms with Crippen LogP contribution in [-0.4, -0.2) is 47.1 Å². The molecule has 0 fully saturated rings.